The molecule has 0 spiro atoms. The third kappa shape index (κ3) is 5.22. The Hall–Kier alpha value is -4.21. The summed E-state index contributed by atoms with van der Waals surface area (Å²) in [6, 6.07) is 18.8. The molecule has 4 aromatic rings. The average Bonchev–Trinajstić information content (AvgIpc) is 2.87. The van der Waals surface area contributed by atoms with Gasteiger partial charge in [-0.3, -0.25) is 14.6 Å². The third-order valence-corrected chi connectivity index (χ3v) is 5.25. The van der Waals surface area contributed by atoms with Gasteiger partial charge in [0.15, 0.2) is 5.82 Å². The van der Waals surface area contributed by atoms with Gasteiger partial charge in [0, 0.05) is 29.3 Å². The molecule has 1 amide bonds. The number of aromatic nitrogens is 2. The Bertz CT molecular complexity index is 1340. The number of amides is 1. The number of hydrogen-bond acceptors (Lipinski definition) is 8. The van der Waals surface area contributed by atoms with Crippen molar-refractivity contribution in [2.75, 3.05) is 18.5 Å². The van der Waals surface area contributed by atoms with E-state index in [1.165, 1.54) is 0 Å². The molecular formula is C25H24N6O3. The predicted octanol–water partition coefficient (Wildman–Crippen LogP) is 4.53. The number of pyridine rings is 2. The van der Waals surface area contributed by atoms with Crippen molar-refractivity contribution < 1.29 is 14.7 Å². The van der Waals surface area contributed by atoms with Crippen molar-refractivity contribution in [2.45, 2.75) is 13.5 Å². The molecule has 0 bridgehead atoms. The van der Waals surface area contributed by atoms with Crippen molar-refractivity contribution in [2.24, 2.45) is 5.11 Å². The fourth-order valence-electron chi connectivity index (χ4n) is 3.55. The first-order valence-electron chi connectivity index (χ1n) is 10.7. The van der Waals surface area contributed by atoms with Gasteiger partial charge < -0.3 is 10.4 Å². The molecular weight excluding hydrogens is 432 g/mol. The number of anilines is 1. The molecule has 0 aliphatic heterocycles. The Balaban J connectivity index is 1.54. The van der Waals surface area contributed by atoms with E-state index >= 15 is 0 Å². The molecule has 0 saturated heterocycles. The smallest absolute Gasteiger partial charge is 0.275 e. The monoisotopic (exact) mass is 456 g/mol. The molecule has 0 saturated carbocycles. The number of rotatable bonds is 9. The first kappa shape index (κ1) is 23.0. The van der Waals surface area contributed by atoms with Crippen LogP contribution in [0.3, 0.4) is 0 Å². The zero-order chi connectivity index (χ0) is 23.9. The van der Waals surface area contributed by atoms with E-state index in [1.54, 1.807) is 30.5 Å². The van der Waals surface area contributed by atoms with Crippen molar-refractivity contribution in [3.8, 4) is 11.3 Å². The van der Waals surface area contributed by atoms with E-state index in [4.69, 9.17) is 15.5 Å². The fourth-order valence-corrected chi connectivity index (χ4v) is 3.55. The van der Waals surface area contributed by atoms with Crippen molar-refractivity contribution in [1.82, 2.24) is 15.4 Å². The van der Waals surface area contributed by atoms with Crippen molar-refractivity contribution >= 4 is 28.3 Å². The van der Waals surface area contributed by atoms with Gasteiger partial charge in [-0.2, -0.15) is 5.11 Å². The summed E-state index contributed by atoms with van der Waals surface area (Å²) < 4.78 is 0. The highest BCUT2D eigenvalue weighted by atomic mass is 16.7. The largest absolute Gasteiger partial charge is 0.394 e. The Morgan fingerprint density at radius 2 is 2.03 bits per heavy atom. The second-order valence-electron chi connectivity index (χ2n) is 7.59. The molecule has 4 rings (SSSR count). The molecule has 34 heavy (non-hydrogen) atoms. The van der Waals surface area contributed by atoms with Crippen LogP contribution in [0.2, 0.25) is 0 Å². The van der Waals surface area contributed by atoms with Crippen molar-refractivity contribution in [3.05, 3.63) is 83.6 Å². The van der Waals surface area contributed by atoms with Gasteiger partial charge in [-0.15, -0.1) is 0 Å². The topological polar surface area (TPSA) is 133 Å². The summed E-state index contributed by atoms with van der Waals surface area (Å²) in [6.07, 6.45) is 1.77. The highest BCUT2D eigenvalue weighted by molar-refractivity contribution is 5.95. The number of aliphatic hydroxyl groups is 1. The van der Waals surface area contributed by atoms with Gasteiger partial charge in [-0.1, -0.05) is 18.2 Å². The van der Waals surface area contributed by atoms with Crippen molar-refractivity contribution in [3.63, 3.8) is 0 Å². The maximum absolute atomic E-state index is 12.2. The van der Waals surface area contributed by atoms with Crippen LogP contribution in [0, 0.1) is 12.5 Å². The molecule has 4 N–H and O–H groups in total. The van der Waals surface area contributed by atoms with Gasteiger partial charge in [0.05, 0.1) is 24.4 Å². The summed E-state index contributed by atoms with van der Waals surface area (Å²) in [6.45, 7) is 2.17. The maximum atomic E-state index is 12.2. The number of aliphatic hydroxyl groups excluding tert-OH is 1. The summed E-state index contributed by atoms with van der Waals surface area (Å²) >= 11 is 0. The van der Waals surface area contributed by atoms with Gasteiger partial charge in [-0.25, -0.2) is 16.0 Å². The average molecular weight is 457 g/mol. The quantitative estimate of drug-likeness (QED) is 0.166. The minimum absolute atomic E-state index is 0.0199. The fraction of sp³-hybridized carbons (Fsp3) is 0.160. The summed E-state index contributed by atoms with van der Waals surface area (Å²) in [4.78, 5) is 26.2. The lowest BCUT2D eigenvalue weighted by Crippen LogP contribution is -2.25. The standard InChI is InChI=1S/C25H24N6O3/c1-16-13-19(5-6-20(16)25(33)31-34-12-11-32)22-8-9-23(30-26)24(29-22)28-15-17-4-7-21-18(14-17)3-2-10-27-21/h2-10,13-14,26,32H,11-12,15H2,1H3,(H,28,29)(H,31,33). The van der Waals surface area contributed by atoms with Gasteiger partial charge in [0.1, 0.15) is 5.69 Å². The lowest BCUT2D eigenvalue weighted by Gasteiger charge is -2.12. The number of carbonyl (C=O) groups is 1. The summed E-state index contributed by atoms with van der Waals surface area (Å²) in [5, 5.41) is 16.7. The lowest BCUT2D eigenvalue weighted by atomic mass is 10.0. The maximum Gasteiger partial charge on any atom is 0.275 e. The van der Waals surface area contributed by atoms with Crippen molar-refractivity contribution in [1.29, 1.82) is 5.53 Å². The van der Waals surface area contributed by atoms with Gasteiger partial charge >= 0.3 is 0 Å². The van der Waals surface area contributed by atoms with Crippen LogP contribution >= 0.6 is 0 Å². The number of nitrogens with zero attached hydrogens (tertiary/aromatic N) is 3. The summed E-state index contributed by atoms with van der Waals surface area (Å²) in [7, 11) is 0. The third-order valence-electron chi connectivity index (χ3n) is 5.25. The van der Waals surface area contributed by atoms with Crippen LogP contribution in [0.5, 0.6) is 0 Å². The molecule has 2 heterocycles. The van der Waals surface area contributed by atoms with Crippen LogP contribution in [0.4, 0.5) is 11.5 Å². The Morgan fingerprint density at radius 1 is 1.15 bits per heavy atom. The molecule has 0 unspecified atom stereocenters. The molecule has 9 nitrogen and oxygen atoms in total. The van der Waals surface area contributed by atoms with E-state index in [-0.39, 0.29) is 19.1 Å². The van der Waals surface area contributed by atoms with Crippen LogP contribution in [0.15, 0.2) is 72.0 Å². The van der Waals surface area contributed by atoms with Crippen LogP contribution < -0.4 is 10.8 Å². The molecule has 0 atom stereocenters. The molecule has 0 fully saturated rings. The van der Waals surface area contributed by atoms with E-state index < -0.39 is 0 Å². The number of benzene rings is 2. The highest BCUT2D eigenvalue weighted by Gasteiger charge is 2.12. The number of hydroxylamine groups is 1. The number of aryl methyl sites for hydroxylation is 1. The Morgan fingerprint density at radius 3 is 2.82 bits per heavy atom. The Kier molecular flexibility index (Phi) is 7.16. The molecule has 0 aliphatic carbocycles. The lowest BCUT2D eigenvalue weighted by molar-refractivity contribution is 0.0168. The molecule has 2 aromatic carbocycles. The first-order chi connectivity index (χ1) is 16.6. The molecule has 172 valence electrons. The minimum atomic E-state index is -0.387. The predicted molar refractivity (Wildman–Crippen MR) is 129 cm³/mol. The normalized spacial score (nSPS) is 10.8. The van der Waals surface area contributed by atoms with Crippen LogP contribution in [-0.2, 0) is 11.4 Å². The molecule has 0 aliphatic rings. The molecule has 9 heteroatoms. The second kappa shape index (κ2) is 10.6. The van der Waals surface area contributed by atoms with E-state index in [0.29, 0.717) is 29.3 Å². The van der Waals surface area contributed by atoms with E-state index in [0.717, 1.165) is 27.6 Å². The zero-order valence-corrected chi connectivity index (χ0v) is 18.6. The molecule has 2 aromatic heterocycles. The summed E-state index contributed by atoms with van der Waals surface area (Å²) in [5.41, 5.74) is 14.9. The van der Waals surface area contributed by atoms with Crippen LogP contribution in [0.1, 0.15) is 21.5 Å². The van der Waals surface area contributed by atoms with Crippen LogP contribution in [0.25, 0.3) is 22.2 Å². The van der Waals surface area contributed by atoms with Gasteiger partial charge in [0.25, 0.3) is 5.91 Å². The van der Waals surface area contributed by atoms with E-state index in [2.05, 4.69) is 31.9 Å². The number of nitrogens with one attached hydrogen (secondary N) is 3. The number of hydrogen-bond donors (Lipinski definition) is 4. The van der Waals surface area contributed by atoms with E-state index in [9.17, 15) is 4.79 Å². The molecule has 0 radical (unpaired) electrons. The second-order valence-corrected chi connectivity index (χ2v) is 7.59. The van der Waals surface area contributed by atoms with Gasteiger partial charge in [0.2, 0.25) is 0 Å². The van der Waals surface area contributed by atoms with Gasteiger partial charge in [-0.05, 0) is 60.5 Å². The summed E-state index contributed by atoms with van der Waals surface area (Å²) in [5.74, 6) is 0.109. The minimum Gasteiger partial charge on any atom is -0.394 e. The van der Waals surface area contributed by atoms with Crippen LogP contribution in [-0.4, -0.2) is 34.2 Å². The highest BCUT2D eigenvalue weighted by Crippen LogP contribution is 2.29. The zero-order valence-electron chi connectivity index (χ0n) is 18.6. The SMILES string of the molecule is Cc1cc(-c2ccc(N=N)c(NCc3ccc4ncccc4c3)n2)ccc1C(=O)NOCCO. The van der Waals surface area contributed by atoms with E-state index in [1.807, 2.05) is 37.3 Å². The Labute approximate surface area is 196 Å². The first-order valence-corrected chi connectivity index (χ1v) is 10.7. The number of carbonyl (C=O) groups excluding carboxylic acids is 1. The number of fused-ring (bicyclic) bond motifs is 1.